The van der Waals surface area contributed by atoms with Gasteiger partial charge in [-0.05, 0) is 31.2 Å². The van der Waals surface area contributed by atoms with Gasteiger partial charge < -0.3 is 10.5 Å². The molecule has 3 rings (SSSR count). The summed E-state index contributed by atoms with van der Waals surface area (Å²) in [6.45, 7) is 1.71. The molecule has 0 bridgehead atoms. The molecule has 0 spiro atoms. The number of aromatic nitrogens is 2. The van der Waals surface area contributed by atoms with Crippen LogP contribution in [0.5, 0.6) is 5.75 Å². The Bertz CT molecular complexity index is 906. The Morgan fingerprint density at radius 1 is 1.16 bits per heavy atom. The fraction of sp³-hybridized carbons (Fsp3) is 0.111. The first-order valence-electron chi connectivity index (χ1n) is 7.43. The van der Waals surface area contributed by atoms with E-state index in [2.05, 4.69) is 9.97 Å². The minimum absolute atomic E-state index is 0.0741. The molecule has 2 N–H and O–H groups in total. The van der Waals surface area contributed by atoms with E-state index in [-0.39, 0.29) is 10.8 Å². The van der Waals surface area contributed by atoms with Crippen molar-refractivity contribution in [1.29, 1.82) is 0 Å². The number of ether oxygens (including phenoxy) is 1. The zero-order valence-electron chi connectivity index (χ0n) is 13.2. The van der Waals surface area contributed by atoms with Crippen LogP contribution < -0.4 is 10.5 Å². The van der Waals surface area contributed by atoms with Gasteiger partial charge in [-0.25, -0.2) is 9.37 Å². The zero-order valence-corrected chi connectivity index (χ0v) is 14.7. The van der Waals surface area contributed by atoms with E-state index >= 15 is 0 Å². The number of nitrogens with zero attached hydrogens (tertiary/aromatic N) is 2. The Hall–Kier alpha value is -2.37. The summed E-state index contributed by atoms with van der Waals surface area (Å²) in [6, 6.07) is 8.11. The van der Waals surface area contributed by atoms with Crippen molar-refractivity contribution >= 4 is 29.0 Å². The van der Waals surface area contributed by atoms with Gasteiger partial charge in [0, 0.05) is 40.3 Å². The van der Waals surface area contributed by atoms with E-state index in [1.807, 2.05) is 12.1 Å². The summed E-state index contributed by atoms with van der Waals surface area (Å²) in [5.74, 6) is 0.000102. The number of rotatable bonds is 4. The van der Waals surface area contributed by atoms with Gasteiger partial charge in [0.25, 0.3) is 0 Å². The van der Waals surface area contributed by atoms with E-state index in [0.29, 0.717) is 16.3 Å². The number of hydrogen-bond acceptors (Lipinski definition) is 4. The lowest BCUT2D eigenvalue weighted by Gasteiger charge is -2.19. The molecule has 0 fully saturated rings. The van der Waals surface area contributed by atoms with Crippen molar-refractivity contribution in [1.82, 2.24) is 9.97 Å². The smallest absolute Gasteiger partial charge is 0.166 e. The number of nitrogen functional groups attached to an aromatic ring is 1. The van der Waals surface area contributed by atoms with E-state index < -0.39 is 11.9 Å². The molecule has 1 atom stereocenters. The monoisotopic (exact) mass is 377 g/mol. The second-order valence-electron chi connectivity index (χ2n) is 5.37. The fourth-order valence-corrected chi connectivity index (χ4v) is 3.08. The average Bonchev–Trinajstić information content (AvgIpc) is 2.61. The Labute approximate surface area is 154 Å². The summed E-state index contributed by atoms with van der Waals surface area (Å²) >= 11 is 12.2. The van der Waals surface area contributed by atoms with Crippen LogP contribution in [0, 0.1) is 5.82 Å². The third-order valence-corrected chi connectivity index (χ3v) is 4.38. The second-order valence-corrected chi connectivity index (χ2v) is 6.15. The molecule has 3 aromatic rings. The molecule has 4 nitrogen and oxygen atoms in total. The second kappa shape index (κ2) is 7.25. The summed E-state index contributed by atoms with van der Waals surface area (Å²) in [4.78, 5) is 8.23. The van der Waals surface area contributed by atoms with E-state index in [1.54, 1.807) is 31.6 Å². The lowest BCUT2D eigenvalue weighted by Crippen LogP contribution is -2.08. The SMILES string of the molecule is C[C@@H](Oc1cc(-c2cccnc2)cnc1N)c1c(Cl)ccc(F)c1Cl. The molecule has 0 saturated heterocycles. The van der Waals surface area contributed by atoms with Gasteiger partial charge in [-0.1, -0.05) is 29.3 Å². The topological polar surface area (TPSA) is 61.0 Å². The van der Waals surface area contributed by atoms with Gasteiger partial charge in [-0.2, -0.15) is 0 Å². The van der Waals surface area contributed by atoms with Crippen molar-refractivity contribution in [3.05, 3.63) is 70.3 Å². The maximum Gasteiger partial charge on any atom is 0.166 e. The van der Waals surface area contributed by atoms with E-state index in [1.165, 1.54) is 12.1 Å². The summed E-state index contributed by atoms with van der Waals surface area (Å²) in [5, 5.41) is 0.240. The van der Waals surface area contributed by atoms with Crippen LogP contribution in [0.4, 0.5) is 10.2 Å². The highest BCUT2D eigenvalue weighted by molar-refractivity contribution is 6.36. The molecule has 0 aliphatic rings. The van der Waals surface area contributed by atoms with Crippen molar-refractivity contribution in [3.63, 3.8) is 0 Å². The van der Waals surface area contributed by atoms with Crippen LogP contribution in [-0.2, 0) is 0 Å². The number of halogens is 3. The molecule has 128 valence electrons. The van der Waals surface area contributed by atoms with Crippen LogP contribution >= 0.6 is 23.2 Å². The quantitative estimate of drug-likeness (QED) is 0.625. The molecular weight excluding hydrogens is 364 g/mol. The summed E-state index contributed by atoms with van der Waals surface area (Å²) in [6.07, 6.45) is 4.40. The standard InChI is InChI=1S/C18H14Cl2FN3O/c1-10(16-13(19)4-5-14(21)17(16)20)25-15-7-12(9-24-18(15)22)11-3-2-6-23-8-11/h2-10H,1H3,(H2,22,24)/t10-/m1/s1. The van der Waals surface area contributed by atoms with Crippen molar-refractivity contribution in [2.45, 2.75) is 13.0 Å². The highest BCUT2D eigenvalue weighted by Gasteiger charge is 2.20. The largest absolute Gasteiger partial charge is 0.482 e. The first-order valence-corrected chi connectivity index (χ1v) is 8.19. The molecular formula is C18H14Cl2FN3O. The lowest BCUT2D eigenvalue weighted by atomic mass is 10.1. The van der Waals surface area contributed by atoms with Crippen LogP contribution in [0.1, 0.15) is 18.6 Å². The molecule has 7 heteroatoms. The van der Waals surface area contributed by atoms with Gasteiger partial charge in [0.1, 0.15) is 11.9 Å². The molecule has 0 unspecified atom stereocenters. The average molecular weight is 378 g/mol. The van der Waals surface area contributed by atoms with Crippen LogP contribution in [0.15, 0.2) is 48.9 Å². The Kier molecular flexibility index (Phi) is 5.06. The van der Waals surface area contributed by atoms with E-state index in [0.717, 1.165) is 11.1 Å². The molecule has 0 radical (unpaired) electrons. The summed E-state index contributed by atoms with van der Waals surface area (Å²) < 4.78 is 19.6. The Balaban J connectivity index is 1.94. The number of hydrogen-bond donors (Lipinski definition) is 1. The predicted octanol–water partition coefficient (Wildman–Crippen LogP) is 5.31. The van der Waals surface area contributed by atoms with Crippen molar-refractivity contribution in [2.24, 2.45) is 0 Å². The molecule has 2 aromatic heterocycles. The first kappa shape index (κ1) is 17.5. The Morgan fingerprint density at radius 3 is 2.68 bits per heavy atom. The normalized spacial score (nSPS) is 12.0. The third kappa shape index (κ3) is 3.67. The highest BCUT2D eigenvalue weighted by Crippen LogP contribution is 2.36. The molecule has 0 saturated carbocycles. The van der Waals surface area contributed by atoms with Crippen molar-refractivity contribution in [2.75, 3.05) is 5.73 Å². The zero-order chi connectivity index (χ0) is 18.0. The minimum atomic E-state index is -0.621. The van der Waals surface area contributed by atoms with Crippen LogP contribution in [-0.4, -0.2) is 9.97 Å². The van der Waals surface area contributed by atoms with Gasteiger partial charge in [0.2, 0.25) is 0 Å². The maximum absolute atomic E-state index is 13.7. The predicted molar refractivity (Wildman–Crippen MR) is 97.3 cm³/mol. The van der Waals surface area contributed by atoms with Crippen LogP contribution in [0.25, 0.3) is 11.1 Å². The number of pyridine rings is 2. The maximum atomic E-state index is 13.7. The number of nitrogens with two attached hydrogens (primary N) is 1. The molecule has 1 aromatic carbocycles. The van der Waals surface area contributed by atoms with Crippen molar-refractivity contribution in [3.8, 4) is 16.9 Å². The third-order valence-electron chi connectivity index (χ3n) is 3.67. The van der Waals surface area contributed by atoms with Gasteiger partial charge in [-0.15, -0.1) is 0 Å². The fourth-order valence-electron chi connectivity index (χ4n) is 2.41. The Morgan fingerprint density at radius 2 is 1.96 bits per heavy atom. The van der Waals surface area contributed by atoms with Gasteiger partial charge >= 0.3 is 0 Å². The molecule has 25 heavy (non-hydrogen) atoms. The van der Waals surface area contributed by atoms with Crippen LogP contribution in [0.2, 0.25) is 10.0 Å². The molecule has 0 aliphatic heterocycles. The summed E-state index contributed by atoms with van der Waals surface area (Å²) in [5.41, 5.74) is 7.93. The van der Waals surface area contributed by atoms with E-state index in [4.69, 9.17) is 33.7 Å². The molecule has 0 aliphatic carbocycles. The number of benzene rings is 1. The van der Waals surface area contributed by atoms with Crippen LogP contribution in [0.3, 0.4) is 0 Å². The molecule has 2 heterocycles. The summed E-state index contributed by atoms with van der Waals surface area (Å²) in [7, 11) is 0. The lowest BCUT2D eigenvalue weighted by molar-refractivity contribution is 0.227. The molecule has 0 amide bonds. The van der Waals surface area contributed by atoms with E-state index in [9.17, 15) is 4.39 Å². The minimum Gasteiger partial charge on any atom is -0.482 e. The van der Waals surface area contributed by atoms with Crippen molar-refractivity contribution < 1.29 is 9.13 Å². The number of anilines is 1. The van der Waals surface area contributed by atoms with Gasteiger partial charge in [0.05, 0.1) is 5.02 Å². The van der Waals surface area contributed by atoms with Gasteiger partial charge in [0.15, 0.2) is 11.6 Å². The van der Waals surface area contributed by atoms with Gasteiger partial charge in [-0.3, -0.25) is 4.98 Å². The first-order chi connectivity index (χ1) is 12.0. The highest BCUT2D eigenvalue weighted by atomic mass is 35.5.